The molecule has 0 aliphatic heterocycles. The van der Waals surface area contributed by atoms with Crippen molar-refractivity contribution < 1.29 is 19.4 Å². The zero-order valence-corrected chi connectivity index (χ0v) is 14.3. The van der Waals surface area contributed by atoms with Crippen LogP contribution in [0, 0.1) is 20.2 Å². The van der Waals surface area contributed by atoms with Gasteiger partial charge in [-0.05, 0) is 13.0 Å². The quantitative estimate of drug-likeness (QED) is 0.318. The van der Waals surface area contributed by atoms with Crippen molar-refractivity contribution in [3.8, 4) is 0 Å². The van der Waals surface area contributed by atoms with E-state index in [0.29, 0.717) is 10.8 Å². The summed E-state index contributed by atoms with van der Waals surface area (Å²) in [5.41, 5.74) is 2.37. The Labute approximate surface area is 150 Å². The van der Waals surface area contributed by atoms with E-state index in [0.717, 1.165) is 18.3 Å². The second-order valence-corrected chi connectivity index (χ2v) is 5.61. The number of nitro groups is 2. The summed E-state index contributed by atoms with van der Waals surface area (Å²) in [4.78, 5) is 35.8. The number of hydrazone groups is 1. The minimum Gasteiger partial charge on any atom is -0.466 e. The number of nitro benzene ring substituents is 2. The highest BCUT2D eigenvalue weighted by Gasteiger charge is 2.18. The number of nitrogens with zero attached hydrogens (tertiary/aromatic N) is 4. The topological polar surface area (TPSA) is 150 Å². The molecule has 1 N–H and O–H groups in total. The van der Waals surface area contributed by atoms with Crippen molar-refractivity contribution in [3.63, 3.8) is 0 Å². The molecule has 0 amide bonds. The second-order valence-electron chi connectivity index (χ2n) is 4.75. The molecule has 0 saturated heterocycles. The van der Waals surface area contributed by atoms with Crippen molar-refractivity contribution in [2.24, 2.45) is 5.10 Å². The van der Waals surface area contributed by atoms with Crippen LogP contribution < -0.4 is 5.43 Å². The lowest BCUT2D eigenvalue weighted by molar-refractivity contribution is -0.394. The molecule has 1 heterocycles. The molecule has 26 heavy (non-hydrogen) atoms. The van der Waals surface area contributed by atoms with Crippen LogP contribution >= 0.6 is 11.3 Å². The Morgan fingerprint density at radius 2 is 2.15 bits per heavy atom. The number of carbonyl (C=O) groups excluding carboxylic acids is 1. The maximum Gasteiger partial charge on any atom is 0.311 e. The monoisotopic (exact) mass is 379 g/mol. The van der Waals surface area contributed by atoms with E-state index in [1.165, 1.54) is 17.4 Å². The number of benzene rings is 1. The number of hydrogen-bond donors (Lipinski definition) is 1. The predicted molar refractivity (Wildman–Crippen MR) is 93.4 cm³/mol. The van der Waals surface area contributed by atoms with Gasteiger partial charge >= 0.3 is 5.97 Å². The number of hydrogen-bond acceptors (Lipinski definition) is 10. The summed E-state index contributed by atoms with van der Waals surface area (Å²) in [7, 11) is 0. The highest BCUT2D eigenvalue weighted by Crippen LogP contribution is 2.23. The molecule has 0 aliphatic carbocycles. The molecule has 1 aromatic carbocycles. The highest BCUT2D eigenvalue weighted by atomic mass is 32.1. The van der Waals surface area contributed by atoms with Gasteiger partial charge in [0.05, 0.1) is 46.4 Å². The zero-order valence-electron chi connectivity index (χ0n) is 13.4. The number of anilines is 1. The van der Waals surface area contributed by atoms with Gasteiger partial charge in [0, 0.05) is 11.4 Å². The summed E-state index contributed by atoms with van der Waals surface area (Å²) in [6.45, 7) is 1.99. The first kappa shape index (κ1) is 18.9. The van der Waals surface area contributed by atoms with Crippen molar-refractivity contribution in [1.82, 2.24) is 4.98 Å². The van der Waals surface area contributed by atoms with Crippen LogP contribution in [0.5, 0.6) is 0 Å². The lowest BCUT2D eigenvalue weighted by Gasteiger charge is -1.98. The van der Waals surface area contributed by atoms with Crippen LogP contribution in [0.1, 0.15) is 18.2 Å². The van der Waals surface area contributed by atoms with E-state index in [1.807, 2.05) is 0 Å². The van der Waals surface area contributed by atoms with E-state index in [2.05, 4.69) is 15.5 Å². The normalized spacial score (nSPS) is 10.7. The first-order valence-electron chi connectivity index (χ1n) is 7.22. The summed E-state index contributed by atoms with van der Waals surface area (Å²) in [6, 6.07) is 3.24. The maximum absolute atomic E-state index is 11.4. The number of thiazole rings is 1. The van der Waals surface area contributed by atoms with E-state index in [9.17, 15) is 25.0 Å². The molecule has 0 radical (unpaired) electrons. The molecule has 2 aromatic rings. The first-order valence-corrected chi connectivity index (χ1v) is 8.10. The van der Waals surface area contributed by atoms with Crippen molar-refractivity contribution in [2.45, 2.75) is 13.3 Å². The van der Waals surface area contributed by atoms with Gasteiger partial charge in [-0.25, -0.2) is 4.98 Å². The van der Waals surface area contributed by atoms with Gasteiger partial charge in [-0.2, -0.15) is 5.10 Å². The van der Waals surface area contributed by atoms with Crippen LogP contribution in [-0.4, -0.2) is 33.6 Å². The van der Waals surface area contributed by atoms with E-state index >= 15 is 0 Å². The van der Waals surface area contributed by atoms with Crippen LogP contribution in [0.25, 0.3) is 0 Å². The fourth-order valence-corrected chi connectivity index (χ4v) is 2.53. The summed E-state index contributed by atoms with van der Waals surface area (Å²) >= 11 is 1.19. The Kier molecular flexibility index (Phi) is 6.27. The summed E-state index contributed by atoms with van der Waals surface area (Å²) in [5.74, 6) is -0.394. The summed E-state index contributed by atoms with van der Waals surface area (Å²) < 4.78 is 4.82. The van der Waals surface area contributed by atoms with Gasteiger partial charge in [0.25, 0.3) is 11.4 Å². The molecule has 0 fully saturated rings. The minimum absolute atomic E-state index is 0.0313. The van der Waals surface area contributed by atoms with Gasteiger partial charge in [-0.3, -0.25) is 30.4 Å². The molecule has 0 atom stereocenters. The lowest BCUT2D eigenvalue weighted by atomic mass is 10.2. The highest BCUT2D eigenvalue weighted by molar-refractivity contribution is 7.13. The Morgan fingerprint density at radius 1 is 1.38 bits per heavy atom. The van der Waals surface area contributed by atoms with Gasteiger partial charge < -0.3 is 4.74 Å². The fourth-order valence-electron chi connectivity index (χ4n) is 1.87. The maximum atomic E-state index is 11.4. The van der Waals surface area contributed by atoms with Crippen LogP contribution in [0.3, 0.4) is 0 Å². The molecular formula is C14H13N5O6S. The van der Waals surface area contributed by atoms with Crippen LogP contribution in [0.4, 0.5) is 16.5 Å². The number of ether oxygens (including phenoxy) is 1. The predicted octanol–water partition coefficient (Wildman–Crippen LogP) is 2.51. The standard InChI is InChI=1S/C14H13N5O6S/c1-2-25-13(20)5-10-8-26-14(16-10)17-15-7-9-3-4-11(18(21)22)6-12(9)19(23)24/h3-4,6-8H,2,5H2,1H3,(H,16,17). The van der Waals surface area contributed by atoms with Gasteiger partial charge in [0.2, 0.25) is 5.13 Å². The Bertz CT molecular complexity index is 865. The number of carbonyl (C=O) groups is 1. The van der Waals surface area contributed by atoms with Crippen molar-refractivity contribution in [3.05, 3.63) is 55.1 Å². The van der Waals surface area contributed by atoms with Crippen LogP contribution in [0.2, 0.25) is 0 Å². The molecule has 0 bridgehead atoms. The average Bonchev–Trinajstić information content (AvgIpc) is 3.02. The second kappa shape index (κ2) is 8.62. The third-order valence-corrected chi connectivity index (χ3v) is 3.76. The van der Waals surface area contributed by atoms with Crippen molar-refractivity contribution in [1.29, 1.82) is 0 Å². The molecule has 2 rings (SSSR count). The lowest BCUT2D eigenvalue weighted by Crippen LogP contribution is -2.07. The van der Waals surface area contributed by atoms with E-state index in [1.54, 1.807) is 12.3 Å². The molecule has 11 nitrogen and oxygen atoms in total. The van der Waals surface area contributed by atoms with Gasteiger partial charge in [0.15, 0.2) is 0 Å². The number of non-ortho nitro benzene ring substituents is 1. The fraction of sp³-hybridized carbons (Fsp3) is 0.214. The van der Waals surface area contributed by atoms with E-state index in [4.69, 9.17) is 4.74 Å². The van der Waals surface area contributed by atoms with Gasteiger partial charge in [-0.1, -0.05) is 0 Å². The molecule has 0 aliphatic rings. The minimum atomic E-state index is -0.727. The molecule has 0 unspecified atom stereocenters. The molecule has 0 saturated carbocycles. The van der Waals surface area contributed by atoms with Gasteiger partial charge in [-0.15, -0.1) is 11.3 Å². The number of nitrogens with one attached hydrogen (secondary N) is 1. The molecule has 1 aromatic heterocycles. The summed E-state index contributed by atoms with van der Waals surface area (Å²) in [6.07, 6.45) is 1.19. The SMILES string of the molecule is CCOC(=O)Cc1csc(NN=Cc2ccc([N+](=O)[O-])cc2[N+](=O)[O-])n1. The third-order valence-electron chi connectivity index (χ3n) is 2.97. The van der Waals surface area contributed by atoms with Crippen LogP contribution in [-0.2, 0) is 16.0 Å². The summed E-state index contributed by atoms with van der Waals surface area (Å²) in [5, 5.41) is 27.6. The van der Waals surface area contributed by atoms with Crippen molar-refractivity contribution >= 4 is 40.0 Å². The molecule has 136 valence electrons. The Morgan fingerprint density at radius 3 is 2.81 bits per heavy atom. The number of aromatic nitrogens is 1. The zero-order chi connectivity index (χ0) is 19.1. The number of esters is 1. The van der Waals surface area contributed by atoms with E-state index < -0.39 is 21.5 Å². The Balaban J connectivity index is 2.07. The average molecular weight is 379 g/mol. The first-order chi connectivity index (χ1) is 12.4. The van der Waals surface area contributed by atoms with Gasteiger partial charge in [0.1, 0.15) is 0 Å². The van der Waals surface area contributed by atoms with Crippen LogP contribution in [0.15, 0.2) is 28.7 Å². The van der Waals surface area contributed by atoms with E-state index in [-0.39, 0.29) is 24.3 Å². The van der Waals surface area contributed by atoms with Crippen molar-refractivity contribution in [2.75, 3.05) is 12.0 Å². The largest absolute Gasteiger partial charge is 0.466 e. The third kappa shape index (κ3) is 5.04. The molecule has 0 spiro atoms. The number of rotatable bonds is 8. The molecular weight excluding hydrogens is 366 g/mol. The Hall–Kier alpha value is -3.41. The molecule has 12 heteroatoms. The smallest absolute Gasteiger partial charge is 0.311 e.